The van der Waals surface area contributed by atoms with Crippen LogP contribution in [0.1, 0.15) is 29.2 Å². The van der Waals surface area contributed by atoms with Gasteiger partial charge in [0, 0.05) is 38.0 Å². The molecule has 0 unspecified atom stereocenters. The maximum atomic E-state index is 13.0. The minimum Gasteiger partial charge on any atom is -0.507 e. The topological polar surface area (TPSA) is 119 Å². The highest BCUT2D eigenvalue weighted by atomic mass is 16.6. The van der Waals surface area contributed by atoms with Crippen molar-refractivity contribution < 1.29 is 29.1 Å². The van der Waals surface area contributed by atoms with E-state index in [0.29, 0.717) is 35.5 Å². The van der Waals surface area contributed by atoms with Crippen LogP contribution in [0.2, 0.25) is 0 Å². The van der Waals surface area contributed by atoms with E-state index in [1.165, 1.54) is 37.3 Å². The number of rotatable bonds is 8. The Bertz CT molecular complexity index is 1090. The molecule has 1 aliphatic rings. The van der Waals surface area contributed by atoms with Crippen LogP contribution in [-0.2, 0) is 14.3 Å². The fourth-order valence-corrected chi connectivity index (χ4v) is 3.82. The van der Waals surface area contributed by atoms with Crippen molar-refractivity contribution in [2.24, 2.45) is 0 Å². The van der Waals surface area contributed by atoms with Gasteiger partial charge in [-0.25, -0.2) is 0 Å². The van der Waals surface area contributed by atoms with Gasteiger partial charge in [-0.15, -0.1) is 0 Å². The standard InChI is InChI=1S/C23H24N2O7/c1-14-12-17(32-3)8-9-18(14)21(26)19-20(15-6-4-7-16(13-15)25(29)30)24(10-5-11-31-2)23(28)22(19)27/h4,6-9,12-13,20,26H,5,10-11H2,1-3H3/t20-/m0/s1. The van der Waals surface area contributed by atoms with Crippen molar-refractivity contribution in [3.05, 3.63) is 74.8 Å². The van der Waals surface area contributed by atoms with Gasteiger partial charge in [0.05, 0.1) is 23.6 Å². The van der Waals surface area contributed by atoms with Gasteiger partial charge in [0.15, 0.2) is 0 Å². The van der Waals surface area contributed by atoms with Gasteiger partial charge in [-0.05, 0) is 42.7 Å². The molecule has 168 valence electrons. The van der Waals surface area contributed by atoms with Gasteiger partial charge in [0.25, 0.3) is 17.4 Å². The molecular formula is C23H24N2O7. The Hall–Kier alpha value is -3.72. The van der Waals surface area contributed by atoms with Crippen LogP contribution in [0.4, 0.5) is 5.69 Å². The Balaban J connectivity index is 2.18. The minimum atomic E-state index is -0.965. The second kappa shape index (κ2) is 9.61. The summed E-state index contributed by atoms with van der Waals surface area (Å²) in [5.41, 5.74) is 1.09. The van der Waals surface area contributed by atoms with E-state index >= 15 is 0 Å². The number of aliphatic hydroxyl groups is 1. The number of nitro groups is 1. The number of carbonyl (C=O) groups excluding carboxylic acids is 2. The number of likely N-dealkylation sites (tertiary alicyclic amines) is 1. The van der Waals surface area contributed by atoms with E-state index in [2.05, 4.69) is 0 Å². The number of non-ortho nitro benzene ring substituents is 1. The van der Waals surface area contributed by atoms with Crippen molar-refractivity contribution >= 4 is 23.1 Å². The lowest BCUT2D eigenvalue weighted by Crippen LogP contribution is -2.31. The molecule has 1 saturated heterocycles. The number of amides is 1. The maximum absolute atomic E-state index is 13.0. The number of ether oxygens (including phenoxy) is 2. The third kappa shape index (κ3) is 4.33. The molecule has 2 aromatic carbocycles. The number of carbonyl (C=O) groups is 2. The monoisotopic (exact) mass is 440 g/mol. The number of Topliss-reactive ketones (excluding diaryl/α,β-unsaturated/α-hetero) is 1. The highest BCUT2D eigenvalue weighted by Gasteiger charge is 2.46. The van der Waals surface area contributed by atoms with Crippen LogP contribution in [0.25, 0.3) is 5.76 Å². The van der Waals surface area contributed by atoms with E-state index in [9.17, 15) is 24.8 Å². The lowest BCUT2D eigenvalue weighted by Gasteiger charge is -2.25. The summed E-state index contributed by atoms with van der Waals surface area (Å²) in [5.74, 6) is -1.37. The second-order valence-electron chi connectivity index (χ2n) is 7.37. The average Bonchev–Trinajstić information content (AvgIpc) is 3.03. The predicted molar refractivity (Wildman–Crippen MR) is 116 cm³/mol. The minimum absolute atomic E-state index is 0.110. The third-order valence-electron chi connectivity index (χ3n) is 5.37. The van der Waals surface area contributed by atoms with Crippen molar-refractivity contribution in [2.75, 3.05) is 27.4 Å². The van der Waals surface area contributed by atoms with Crippen LogP contribution in [0.5, 0.6) is 5.75 Å². The third-order valence-corrected chi connectivity index (χ3v) is 5.37. The number of nitrogens with zero attached hydrogens (tertiary/aromatic N) is 2. The molecule has 0 bridgehead atoms. The van der Waals surface area contributed by atoms with E-state index in [0.717, 1.165) is 0 Å². The highest BCUT2D eigenvalue weighted by Crippen LogP contribution is 2.41. The van der Waals surface area contributed by atoms with E-state index in [4.69, 9.17) is 9.47 Å². The Kier molecular flexibility index (Phi) is 6.89. The first-order valence-corrected chi connectivity index (χ1v) is 9.96. The van der Waals surface area contributed by atoms with Gasteiger partial charge in [0.2, 0.25) is 0 Å². The smallest absolute Gasteiger partial charge is 0.295 e. The highest BCUT2D eigenvalue weighted by molar-refractivity contribution is 6.46. The molecule has 0 saturated carbocycles. The van der Waals surface area contributed by atoms with Crippen LogP contribution in [0.3, 0.4) is 0 Å². The Morgan fingerprint density at radius 1 is 1.19 bits per heavy atom. The maximum Gasteiger partial charge on any atom is 0.295 e. The van der Waals surface area contributed by atoms with Crippen molar-refractivity contribution in [1.82, 2.24) is 4.90 Å². The van der Waals surface area contributed by atoms with Gasteiger partial charge in [-0.1, -0.05) is 12.1 Å². The average molecular weight is 440 g/mol. The van der Waals surface area contributed by atoms with Gasteiger partial charge in [-0.2, -0.15) is 0 Å². The van der Waals surface area contributed by atoms with Crippen molar-refractivity contribution in [2.45, 2.75) is 19.4 Å². The van der Waals surface area contributed by atoms with Crippen LogP contribution in [0, 0.1) is 17.0 Å². The molecule has 9 nitrogen and oxygen atoms in total. The summed E-state index contributed by atoms with van der Waals surface area (Å²) in [6, 6.07) is 9.70. The second-order valence-corrected chi connectivity index (χ2v) is 7.37. The molecular weight excluding hydrogens is 416 g/mol. The molecule has 3 rings (SSSR count). The van der Waals surface area contributed by atoms with E-state index in [-0.39, 0.29) is 23.6 Å². The van der Waals surface area contributed by atoms with Crippen LogP contribution >= 0.6 is 0 Å². The number of benzene rings is 2. The zero-order valence-electron chi connectivity index (χ0n) is 18.0. The van der Waals surface area contributed by atoms with Gasteiger partial charge in [0.1, 0.15) is 11.5 Å². The normalized spacial score (nSPS) is 17.6. The number of aliphatic hydroxyl groups excluding tert-OH is 1. The zero-order valence-corrected chi connectivity index (χ0v) is 18.0. The van der Waals surface area contributed by atoms with E-state index in [1.807, 2.05) is 0 Å². The van der Waals surface area contributed by atoms with E-state index in [1.54, 1.807) is 31.2 Å². The molecule has 1 heterocycles. The fourth-order valence-electron chi connectivity index (χ4n) is 3.82. The first-order valence-electron chi connectivity index (χ1n) is 9.96. The Morgan fingerprint density at radius 2 is 1.94 bits per heavy atom. The summed E-state index contributed by atoms with van der Waals surface area (Å²) in [6.45, 7) is 2.29. The molecule has 1 atom stereocenters. The quantitative estimate of drug-likeness (QED) is 0.167. The summed E-state index contributed by atoms with van der Waals surface area (Å²) < 4.78 is 10.2. The molecule has 0 radical (unpaired) electrons. The molecule has 0 aromatic heterocycles. The summed E-state index contributed by atoms with van der Waals surface area (Å²) in [6.07, 6.45) is 0.455. The molecule has 1 fully saturated rings. The molecule has 9 heteroatoms. The number of aryl methyl sites for hydroxylation is 1. The zero-order chi connectivity index (χ0) is 23.4. The first kappa shape index (κ1) is 23.0. The first-order chi connectivity index (χ1) is 15.3. The van der Waals surface area contributed by atoms with Gasteiger partial charge in [-0.3, -0.25) is 19.7 Å². The van der Waals surface area contributed by atoms with Crippen molar-refractivity contribution in [3.8, 4) is 5.75 Å². The Morgan fingerprint density at radius 3 is 2.56 bits per heavy atom. The van der Waals surface area contributed by atoms with Crippen LogP contribution < -0.4 is 4.74 Å². The summed E-state index contributed by atoms with van der Waals surface area (Å²) in [5, 5.41) is 22.4. The lowest BCUT2D eigenvalue weighted by molar-refractivity contribution is -0.384. The molecule has 0 aliphatic carbocycles. The van der Waals surface area contributed by atoms with Crippen molar-refractivity contribution in [1.29, 1.82) is 0 Å². The number of ketones is 1. The summed E-state index contributed by atoms with van der Waals surface area (Å²) in [7, 11) is 3.04. The number of nitro benzene ring substituents is 1. The molecule has 2 aromatic rings. The van der Waals surface area contributed by atoms with E-state index < -0.39 is 22.7 Å². The SMILES string of the molecule is COCCCN1C(=O)C(=O)C(=C(O)c2ccc(OC)cc2C)[C@@H]1c1cccc([N+](=O)[O-])c1. The fraction of sp³-hybridized carbons (Fsp3) is 0.304. The largest absolute Gasteiger partial charge is 0.507 e. The summed E-state index contributed by atoms with van der Waals surface area (Å²) in [4.78, 5) is 37.9. The van der Waals surface area contributed by atoms with Gasteiger partial charge < -0.3 is 19.5 Å². The number of methoxy groups -OCH3 is 2. The molecule has 1 amide bonds. The molecule has 0 spiro atoms. The van der Waals surface area contributed by atoms with Gasteiger partial charge >= 0.3 is 0 Å². The molecule has 1 N–H and O–H groups in total. The van der Waals surface area contributed by atoms with Crippen LogP contribution in [-0.4, -0.2) is 54.0 Å². The molecule has 32 heavy (non-hydrogen) atoms. The number of hydrogen-bond donors (Lipinski definition) is 1. The summed E-state index contributed by atoms with van der Waals surface area (Å²) >= 11 is 0. The predicted octanol–water partition coefficient (Wildman–Crippen LogP) is 3.37. The van der Waals surface area contributed by atoms with Crippen molar-refractivity contribution in [3.63, 3.8) is 0 Å². The molecule has 1 aliphatic heterocycles. The van der Waals surface area contributed by atoms with Crippen LogP contribution in [0.15, 0.2) is 48.0 Å². The Labute approximate surface area is 185 Å². The lowest BCUT2D eigenvalue weighted by atomic mass is 9.93. The number of hydrogen-bond acceptors (Lipinski definition) is 7.